The average Bonchev–Trinajstić information content (AvgIpc) is 3.09. The van der Waals surface area contributed by atoms with Crippen molar-refractivity contribution in [3.05, 3.63) is 48.6 Å². The van der Waals surface area contributed by atoms with E-state index in [1.807, 2.05) is 36.4 Å². The van der Waals surface area contributed by atoms with Crippen molar-refractivity contribution in [2.24, 2.45) is 23.7 Å². The molecule has 0 bridgehead atoms. The van der Waals surface area contributed by atoms with Crippen LogP contribution in [0.5, 0.6) is 0 Å². The van der Waals surface area contributed by atoms with Gasteiger partial charge in [0.25, 0.3) is 0 Å². The van der Waals surface area contributed by atoms with E-state index in [2.05, 4.69) is 34.3 Å². The zero-order chi connectivity index (χ0) is 21.4. The minimum absolute atomic E-state index is 0.145. The van der Waals surface area contributed by atoms with E-state index >= 15 is 0 Å². The average molecular weight is 400 g/mol. The quantitative estimate of drug-likeness (QED) is 0.405. The number of hydrogen-bond acceptors (Lipinski definition) is 3. The third-order valence-electron chi connectivity index (χ3n) is 6.17. The molecule has 0 aliphatic carbocycles. The molecule has 1 aliphatic rings. The number of allylic oxidation sites excluding steroid dienone is 1. The minimum atomic E-state index is -0.529. The van der Waals surface area contributed by atoms with Gasteiger partial charge in [-0.2, -0.15) is 0 Å². The Kier molecular flexibility index (Phi) is 8.94. The fraction of sp³-hybridized carbons (Fsp3) is 0.600. The van der Waals surface area contributed by atoms with Gasteiger partial charge in [-0.05, 0) is 42.1 Å². The Morgan fingerprint density at radius 2 is 1.90 bits per heavy atom. The second kappa shape index (κ2) is 11.2. The van der Waals surface area contributed by atoms with E-state index in [1.54, 1.807) is 0 Å². The first-order chi connectivity index (χ1) is 13.9. The summed E-state index contributed by atoms with van der Waals surface area (Å²) in [7, 11) is 0. The maximum atomic E-state index is 13.2. The summed E-state index contributed by atoms with van der Waals surface area (Å²) < 4.78 is 5.23. The number of carbonyl (C=O) groups excluding carboxylic acids is 2. The second-order valence-corrected chi connectivity index (χ2v) is 8.80. The van der Waals surface area contributed by atoms with Gasteiger partial charge in [-0.1, -0.05) is 76.9 Å². The highest BCUT2D eigenvalue weighted by atomic mass is 16.6. The van der Waals surface area contributed by atoms with Crippen LogP contribution >= 0.6 is 0 Å². The Balaban J connectivity index is 2.08. The molecule has 5 atom stereocenters. The Hall–Kier alpha value is -2.10. The maximum absolute atomic E-state index is 13.2. The van der Waals surface area contributed by atoms with E-state index < -0.39 is 6.09 Å². The summed E-state index contributed by atoms with van der Waals surface area (Å²) in [5.74, 6) is 1.48. The zero-order valence-electron chi connectivity index (χ0n) is 18.5. The molecule has 1 heterocycles. The van der Waals surface area contributed by atoms with Crippen molar-refractivity contribution < 1.29 is 14.3 Å². The third kappa shape index (κ3) is 6.45. The Morgan fingerprint density at radius 3 is 2.52 bits per heavy atom. The van der Waals surface area contributed by atoms with E-state index in [9.17, 15) is 9.59 Å². The van der Waals surface area contributed by atoms with Gasteiger partial charge in [0.2, 0.25) is 5.91 Å². The molecule has 0 aromatic heterocycles. The summed E-state index contributed by atoms with van der Waals surface area (Å²) in [6.45, 7) is 13.1. The predicted octanol–water partition coefficient (Wildman–Crippen LogP) is 6.39. The van der Waals surface area contributed by atoms with Crippen LogP contribution in [0.4, 0.5) is 4.79 Å². The van der Waals surface area contributed by atoms with E-state index in [0.29, 0.717) is 18.3 Å². The van der Waals surface area contributed by atoms with Crippen molar-refractivity contribution in [2.45, 2.75) is 65.8 Å². The number of nitrogens with zero attached hydrogens (tertiary/aromatic N) is 1. The minimum Gasteiger partial charge on any atom is -0.446 e. The molecule has 2 amide bonds. The summed E-state index contributed by atoms with van der Waals surface area (Å²) in [6, 6.07) is 9.31. The fourth-order valence-electron chi connectivity index (χ4n) is 4.53. The molecule has 160 valence electrons. The van der Waals surface area contributed by atoms with Crippen LogP contribution in [0.15, 0.2) is 43.0 Å². The number of carbonyl (C=O) groups is 2. The molecule has 1 aliphatic heterocycles. The SMILES string of the molecule is C=C[C@H](C)[C@@H](CC(=O)N1C(=O)OC[C@H]1c1ccccc1)C[C@@H](C)C[C@@H](C)CCC. The van der Waals surface area contributed by atoms with Crippen LogP contribution in [0, 0.1) is 23.7 Å². The summed E-state index contributed by atoms with van der Waals surface area (Å²) in [6.07, 6.45) is 6.32. The first-order valence-electron chi connectivity index (χ1n) is 11.0. The molecular formula is C25H37NO3. The summed E-state index contributed by atoms with van der Waals surface area (Å²) in [5.41, 5.74) is 0.932. The number of benzene rings is 1. The highest BCUT2D eigenvalue weighted by Gasteiger charge is 2.39. The van der Waals surface area contributed by atoms with Gasteiger partial charge in [0.1, 0.15) is 12.6 Å². The van der Waals surface area contributed by atoms with Crippen LogP contribution in [-0.2, 0) is 9.53 Å². The molecule has 2 rings (SSSR count). The third-order valence-corrected chi connectivity index (χ3v) is 6.17. The summed E-state index contributed by atoms with van der Waals surface area (Å²) in [4.78, 5) is 26.8. The second-order valence-electron chi connectivity index (χ2n) is 8.80. The first kappa shape index (κ1) is 23.2. The summed E-state index contributed by atoms with van der Waals surface area (Å²) in [5, 5.41) is 0. The topological polar surface area (TPSA) is 46.6 Å². The van der Waals surface area contributed by atoms with Crippen molar-refractivity contribution in [1.82, 2.24) is 4.90 Å². The maximum Gasteiger partial charge on any atom is 0.417 e. The fourth-order valence-corrected chi connectivity index (χ4v) is 4.53. The van der Waals surface area contributed by atoms with Crippen molar-refractivity contribution >= 4 is 12.0 Å². The van der Waals surface area contributed by atoms with Crippen molar-refractivity contribution in [3.8, 4) is 0 Å². The zero-order valence-corrected chi connectivity index (χ0v) is 18.5. The molecule has 29 heavy (non-hydrogen) atoms. The molecule has 1 saturated heterocycles. The number of ether oxygens (including phenoxy) is 1. The number of rotatable bonds is 11. The van der Waals surface area contributed by atoms with Gasteiger partial charge in [0.05, 0.1) is 0 Å². The number of imide groups is 1. The van der Waals surface area contributed by atoms with Gasteiger partial charge in [0, 0.05) is 6.42 Å². The molecule has 0 unspecified atom stereocenters. The van der Waals surface area contributed by atoms with Crippen molar-refractivity contribution in [3.63, 3.8) is 0 Å². The van der Waals surface area contributed by atoms with Gasteiger partial charge in [0.15, 0.2) is 0 Å². The Morgan fingerprint density at radius 1 is 1.21 bits per heavy atom. The van der Waals surface area contributed by atoms with Gasteiger partial charge in [-0.25, -0.2) is 9.69 Å². The van der Waals surface area contributed by atoms with Crippen LogP contribution in [0.25, 0.3) is 0 Å². The Bertz CT molecular complexity index is 672. The number of hydrogen-bond donors (Lipinski definition) is 0. The monoisotopic (exact) mass is 399 g/mol. The van der Waals surface area contributed by atoms with Crippen LogP contribution < -0.4 is 0 Å². The van der Waals surface area contributed by atoms with Crippen LogP contribution in [0.3, 0.4) is 0 Å². The van der Waals surface area contributed by atoms with E-state index in [4.69, 9.17) is 4.74 Å². The molecule has 4 heteroatoms. The lowest BCUT2D eigenvalue weighted by Crippen LogP contribution is -2.36. The van der Waals surface area contributed by atoms with Gasteiger partial charge in [-0.15, -0.1) is 6.58 Å². The van der Waals surface area contributed by atoms with Gasteiger partial charge < -0.3 is 4.74 Å². The highest BCUT2D eigenvalue weighted by molar-refractivity contribution is 5.93. The van der Waals surface area contributed by atoms with E-state index in [0.717, 1.165) is 12.0 Å². The van der Waals surface area contributed by atoms with Crippen molar-refractivity contribution in [1.29, 1.82) is 0 Å². The standard InChI is InChI=1S/C25H37NO3/c1-6-11-18(3)14-19(4)15-22(20(5)7-2)16-24(27)26-23(17-29-25(26)28)21-12-9-8-10-13-21/h7-10,12-13,18-20,22-23H,2,6,11,14-17H2,1,3-5H3/t18-,19-,20-,22+,23-/m0/s1. The highest BCUT2D eigenvalue weighted by Crippen LogP contribution is 2.33. The summed E-state index contributed by atoms with van der Waals surface area (Å²) >= 11 is 0. The molecule has 0 N–H and O–H groups in total. The number of cyclic esters (lactones) is 1. The van der Waals surface area contributed by atoms with E-state index in [-0.39, 0.29) is 30.4 Å². The van der Waals surface area contributed by atoms with Crippen LogP contribution in [-0.4, -0.2) is 23.5 Å². The van der Waals surface area contributed by atoms with Crippen molar-refractivity contribution in [2.75, 3.05) is 6.61 Å². The van der Waals surface area contributed by atoms with Crippen LogP contribution in [0.1, 0.15) is 71.4 Å². The smallest absolute Gasteiger partial charge is 0.417 e. The lowest BCUT2D eigenvalue weighted by atomic mass is 9.80. The Labute approximate surface area is 176 Å². The molecule has 4 nitrogen and oxygen atoms in total. The first-order valence-corrected chi connectivity index (χ1v) is 11.0. The van der Waals surface area contributed by atoms with Gasteiger partial charge in [-0.3, -0.25) is 4.79 Å². The lowest BCUT2D eigenvalue weighted by molar-refractivity contribution is -0.130. The molecular weight excluding hydrogens is 362 g/mol. The van der Waals surface area contributed by atoms with Gasteiger partial charge >= 0.3 is 6.09 Å². The van der Waals surface area contributed by atoms with E-state index in [1.165, 1.54) is 24.2 Å². The molecule has 1 fully saturated rings. The normalized spacial score (nSPS) is 20.6. The molecule has 0 saturated carbocycles. The number of amides is 2. The largest absolute Gasteiger partial charge is 0.446 e. The van der Waals surface area contributed by atoms with Crippen LogP contribution in [0.2, 0.25) is 0 Å². The molecule has 1 aromatic rings. The predicted molar refractivity (Wildman–Crippen MR) is 117 cm³/mol. The molecule has 0 radical (unpaired) electrons. The molecule has 1 aromatic carbocycles. The lowest BCUT2D eigenvalue weighted by Gasteiger charge is -2.28. The molecule has 0 spiro atoms.